The lowest BCUT2D eigenvalue weighted by atomic mass is 9.86. The highest BCUT2D eigenvalue weighted by Gasteiger charge is 2.28. The van der Waals surface area contributed by atoms with E-state index in [0.29, 0.717) is 17.3 Å². The predicted molar refractivity (Wildman–Crippen MR) is 80.6 cm³/mol. The van der Waals surface area contributed by atoms with Gasteiger partial charge in [-0.3, -0.25) is 9.89 Å². The van der Waals surface area contributed by atoms with Crippen molar-refractivity contribution in [3.8, 4) is 0 Å². The molecule has 0 atom stereocenters. The minimum absolute atomic E-state index is 0.0344. The lowest BCUT2D eigenvalue weighted by Gasteiger charge is -2.33. The van der Waals surface area contributed by atoms with Crippen LogP contribution in [0.4, 0.5) is 5.69 Å². The summed E-state index contributed by atoms with van der Waals surface area (Å²) < 4.78 is 0. The molecule has 5 nitrogen and oxygen atoms in total. The summed E-state index contributed by atoms with van der Waals surface area (Å²) in [6, 6.07) is 0. The average Bonchev–Trinajstić information content (AvgIpc) is 2.80. The summed E-state index contributed by atoms with van der Waals surface area (Å²) in [5, 5.41) is 7.02. The van der Waals surface area contributed by atoms with E-state index in [4.69, 9.17) is 5.73 Å². The van der Waals surface area contributed by atoms with E-state index in [1.165, 1.54) is 0 Å². The maximum atomic E-state index is 12.5. The summed E-state index contributed by atoms with van der Waals surface area (Å²) in [7, 11) is 0. The molecule has 0 bridgehead atoms. The topological polar surface area (TPSA) is 75.0 Å². The minimum atomic E-state index is -0.0344. The quantitative estimate of drug-likeness (QED) is 0.892. The van der Waals surface area contributed by atoms with Gasteiger partial charge >= 0.3 is 0 Å². The summed E-state index contributed by atoms with van der Waals surface area (Å²) in [5.74, 6) is 1.63. The molecule has 1 aliphatic rings. The molecular formula is C15H26N4O. The zero-order valence-corrected chi connectivity index (χ0v) is 12.9. The van der Waals surface area contributed by atoms with Crippen LogP contribution in [0.5, 0.6) is 0 Å². The van der Waals surface area contributed by atoms with Crippen molar-refractivity contribution in [1.29, 1.82) is 0 Å². The molecule has 2 rings (SSSR count). The standard InChI is InChI=1S/C15H26N4O/c1-9(2)11-5-7-19(8-6-11)15(20)14-12(16)13(10(3)4)17-18-14/h9-11H,5-8,16H2,1-4H3,(H,17,18). The third-order valence-electron chi connectivity index (χ3n) is 4.38. The molecule has 1 saturated heterocycles. The first-order chi connectivity index (χ1) is 9.41. The molecule has 5 heteroatoms. The fourth-order valence-corrected chi connectivity index (χ4v) is 2.89. The van der Waals surface area contributed by atoms with Gasteiger partial charge in [0.15, 0.2) is 5.69 Å². The number of rotatable bonds is 3. The van der Waals surface area contributed by atoms with Crippen molar-refractivity contribution < 1.29 is 4.79 Å². The summed E-state index contributed by atoms with van der Waals surface area (Å²) in [5.41, 5.74) is 7.79. The third-order valence-corrected chi connectivity index (χ3v) is 4.38. The second-order valence-corrected chi connectivity index (χ2v) is 6.43. The van der Waals surface area contributed by atoms with Crippen LogP contribution in [0.1, 0.15) is 62.6 Å². The van der Waals surface area contributed by atoms with Gasteiger partial charge in [-0.15, -0.1) is 0 Å². The van der Waals surface area contributed by atoms with Crippen LogP contribution >= 0.6 is 0 Å². The number of nitrogen functional groups attached to an aromatic ring is 1. The van der Waals surface area contributed by atoms with Gasteiger partial charge in [0.05, 0.1) is 11.4 Å². The van der Waals surface area contributed by atoms with Crippen LogP contribution in [0, 0.1) is 11.8 Å². The van der Waals surface area contributed by atoms with Crippen LogP contribution in [0.25, 0.3) is 0 Å². The second kappa shape index (κ2) is 5.85. The van der Waals surface area contributed by atoms with Gasteiger partial charge in [0.25, 0.3) is 5.91 Å². The molecular weight excluding hydrogens is 252 g/mol. The molecule has 1 aromatic rings. The Kier molecular flexibility index (Phi) is 4.35. The highest BCUT2D eigenvalue weighted by molar-refractivity contribution is 5.97. The highest BCUT2D eigenvalue weighted by atomic mass is 16.2. The number of anilines is 1. The number of likely N-dealkylation sites (tertiary alicyclic amines) is 1. The van der Waals surface area contributed by atoms with Crippen LogP contribution in [0.15, 0.2) is 0 Å². The molecule has 0 saturated carbocycles. The average molecular weight is 278 g/mol. The molecule has 2 heterocycles. The van der Waals surface area contributed by atoms with Gasteiger partial charge in [-0.25, -0.2) is 0 Å². The van der Waals surface area contributed by atoms with Crippen molar-refractivity contribution in [2.45, 2.75) is 46.5 Å². The molecule has 1 aliphatic heterocycles. The van der Waals surface area contributed by atoms with Gasteiger partial charge in [0, 0.05) is 13.1 Å². The molecule has 0 aromatic carbocycles. The first kappa shape index (κ1) is 14.9. The normalized spacial score (nSPS) is 17.2. The van der Waals surface area contributed by atoms with Crippen molar-refractivity contribution in [1.82, 2.24) is 15.1 Å². The maximum absolute atomic E-state index is 12.5. The first-order valence-electron chi connectivity index (χ1n) is 7.54. The van der Waals surface area contributed by atoms with Crippen molar-refractivity contribution in [2.75, 3.05) is 18.8 Å². The Bertz CT molecular complexity index is 470. The van der Waals surface area contributed by atoms with Crippen LogP contribution in [-0.2, 0) is 0 Å². The molecule has 112 valence electrons. The number of amides is 1. The molecule has 0 radical (unpaired) electrons. The molecule has 1 aromatic heterocycles. The number of carbonyl (C=O) groups is 1. The van der Waals surface area contributed by atoms with Gasteiger partial charge in [-0.1, -0.05) is 27.7 Å². The number of nitrogens with two attached hydrogens (primary N) is 1. The van der Waals surface area contributed by atoms with Gasteiger partial charge < -0.3 is 10.6 Å². The fourth-order valence-electron chi connectivity index (χ4n) is 2.89. The van der Waals surface area contributed by atoms with E-state index in [-0.39, 0.29) is 11.8 Å². The Morgan fingerprint density at radius 3 is 2.35 bits per heavy atom. The van der Waals surface area contributed by atoms with Crippen LogP contribution < -0.4 is 5.73 Å². The van der Waals surface area contributed by atoms with Crippen molar-refractivity contribution in [3.05, 3.63) is 11.4 Å². The Hall–Kier alpha value is -1.52. The third kappa shape index (κ3) is 2.81. The number of nitrogens with one attached hydrogen (secondary N) is 1. The SMILES string of the molecule is CC(C)c1[nH]nc(C(=O)N2CCC(C(C)C)CC2)c1N. The zero-order valence-electron chi connectivity index (χ0n) is 12.9. The molecule has 20 heavy (non-hydrogen) atoms. The minimum Gasteiger partial charge on any atom is -0.395 e. The summed E-state index contributed by atoms with van der Waals surface area (Å²) >= 11 is 0. The largest absolute Gasteiger partial charge is 0.395 e. The molecule has 0 aliphatic carbocycles. The number of hydrogen-bond donors (Lipinski definition) is 2. The van der Waals surface area contributed by atoms with E-state index in [0.717, 1.165) is 37.5 Å². The Morgan fingerprint density at radius 1 is 1.30 bits per heavy atom. The van der Waals surface area contributed by atoms with Gasteiger partial charge in [-0.05, 0) is 30.6 Å². The number of H-pyrrole nitrogens is 1. The zero-order chi connectivity index (χ0) is 14.9. The van der Waals surface area contributed by atoms with Gasteiger partial charge in [-0.2, -0.15) is 5.10 Å². The smallest absolute Gasteiger partial charge is 0.276 e. The monoisotopic (exact) mass is 278 g/mol. The van der Waals surface area contributed by atoms with E-state index in [1.807, 2.05) is 18.7 Å². The number of piperidine rings is 1. The van der Waals surface area contributed by atoms with Crippen molar-refractivity contribution in [3.63, 3.8) is 0 Å². The Morgan fingerprint density at radius 2 is 1.90 bits per heavy atom. The molecule has 1 amide bonds. The maximum Gasteiger partial charge on any atom is 0.276 e. The summed E-state index contributed by atoms with van der Waals surface area (Å²) in [6.07, 6.45) is 2.15. The van der Waals surface area contributed by atoms with Crippen LogP contribution in [0.3, 0.4) is 0 Å². The Labute approximate surface area is 120 Å². The fraction of sp³-hybridized carbons (Fsp3) is 0.733. The summed E-state index contributed by atoms with van der Waals surface area (Å²) in [6.45, 7) is 10.2. The highest BCUT2D eigenvalue weighted by Crippen LogP contribution is 2.27. The predicted octanol–water partition coefficient (Wildman–Crippen LogP) is 2.62. The number of hydrogen-bond acceptors (Lipinski definition) is 3. The van der Waals surface area contributed by atoms with E-state index in [1.54, 1.807) is 0 Å². The molecule has 3 N–H and O–H groups in total. The molecule has 0 unspecified atom stereocenters. The van der Waals surface area contributed by atoms with E-state index >= 15 is 0 Å². The lowest BCUT2D eigenvalue weighted by molar-refractivity contribution is 0.0663. The van der Waals surface area contributed by atoms with E-state index < -0.39 is 0 Å². The number of nitrogens with zero attached hydrogens (tertiary/aromatic N) is 2. The number of aromatic amines is 1. The summed E-state index contributed by atoms with van der Waals surface area (Å²) in [4.78, 5) is 14.4. The van der Waals surface area contributed by atoms with E-state index in [2.05, 4.69) is 24.0 Å². The first-order valence-corrected chi connectivity index (χ1v) is 7.54. The van der Waals surface area contributed by atoms with Gasteiger partial charge in [0.2, 0.25) is 0 Å². The molecule has 0 spiro atoms. The van der Waals surface area contributed by atoms with Crippen molar-refractivity contribution >= 4 is 11.6 Å². The van der Waals surface area contributed by atoms with Crippen LogP contribution in [0.2, 0.25) is 0 Å². The number of carbonyl (C=O) groups excluding carboxylic acids is 1. The van der Waals surface area contributed by atoms with Crippen molar-refractivity contribution in [2.24, 2.45) is 11.8 Å². The van der Waals surface area contributed by atoms with Gasteiger partial charge in [0.1, 0.15) is 0 Å². The van der Waals surface area contributed by atoms with E-state index in [9.17, 15) is 4.79 Å². The Balaban J connectivity index is 2.06. The second-order valence-electron chi connectivity index (χ2n) is 6.43. The van der Waals surface area contributed by atoms with Crippen LogP contribution in [-0.4, -0.2) is 34.1 Å². The lowest BCUT2D eigenvalue weighted by Crippen LogP contribution is -2.39. The molecule has 1 fully saturated rings. The number of aromatic nitrogens is 2.